The van der Waals surface area contributed by atoms with Crippen molar-refractivity contribution >= 4 is 48.3 Å². The van der Waals surface area contributed by atoms with E-state index in [9.17, 15) is 28.8 Å². The number of unbranched alkanes of at least 4 members (excludes halogenated alkanes) is 32. The van der Waals surface area contributed by atoms with E-state index in [0.29, 0.717) is 37.9 Å². The van der Waals surface area contributed by atoms with Crippen LogP contribution in [0.25, 0.3) is 0 Å². The van der Waals surface area contributed by atoms with Gasteiger partial charge < -0.3 is 28.4 Å². The van der Waals surface area contributed by atoms with Crippen LogP contribution in [0.15, 0.2) is 0 Å². The normalized spacial score (nSPS) is 13.0. The number of Topliss-reactive ketones (excluding diaryl/α,β-unsaturated/α-hetero) is 1. The van der Waals surface area contributed by atoms with E-state index in [4.69, 9.17) is 28.4 Å². The Morgan fingerprint density at radius 3 is 0.904 bits per heavy atom. The fourth-order valence-corrected chi connectivity index (χ4v) is 9.17. The molecule has 0 heterocycles. The van der Waals surface area contributed by atoms with Crippen molar-refractivity contribution in [2.75, 3.05) is 26.1 Å². The second kappa shape index (κ2) is 52.8. The van der Waals surface area contributed by atoms with Crippen molar-refractivity contribution in [2.24, 2.45) is 0 Å². The van der Waals surface area contributed by atoms with Crippen molar-refractivity contribution in [2.45, 2.75) is 322 Å². The van der Waals surface area contributed by atoms with E-state index in [1.165, 1.54) is 110 Å². The highest BCUT2D eigenvalue weighted by Crippen LogP contribution is 2.26. The molecule has 0 aromatic heterocycles. The maximum Gasteiger partial charge on any atom is 0.351 e. The maximum atomic E-state index is 14.4. The number of hydrogen-bond acceptors (Lipinski definition) is 13. The summed E-state index contributed by atoms with van der Waals surface area (Å²) in [6, 6.07) is 0. The van der Waals surface area contributed by atoms with Crippen LogP contribution in [0.4, 0.5) is 0 Å². The van der Waals surface area contributed by atoms with Crippen LogP contribution in [-0.4, -0.2) is 86.1 Å². The summed E-state index contributed by atoms with van der Waals surface area (Å²) >= 11 is 4.34. The molecule has 0 aromatic carbocycles. The van der Waals surface area contributed by atoms with Crippen molar-refractivity contribution in [1.29, 1.82) is 0 Å². The Bertz CT molecular complexity index is 1340. The first-order valence-corrected chi connectivity index (χ1v) is 30.8. The standard InChI is InChI=1S/C60H110O12S/c1-6-10-14-18-22-26-30-34-38-44-52(62)69-56(51(61)43-42-50-73)57(70-53(63)45-39-35-31-27-23-19-15-11-7-2)58(71-54(64)46-40-36-32-28-24-20-16-12-8-3)59(60(66)68-49-48-67-5)72-55(65)47-41-37-33-29-25-21-17-13-9-4/h56-59,73H,6-50H2,1-5H3. The quantitative estimate of drug-likeness (QED) is 0.0266. The molecule has 0 aliphatic carbocycles. The lowest BCUT2D eigenvalue weighted by Crippen LogP contribution is -2.56. The van der Waals surface area contributed by atoms with Crippen LogP contribution in [0.1, 0.15) is 297 Å². The Labute approximate surface area is 451 Å². The predicted octanol–water partition coefficient (Wildman–Crippen LogP) is 15.8. The molecule has 73 heavy (non-hydrogen) atoms. The van der Waals surface area contributed by atoms with Gasteiger partial charge in [-0.15, -0.1) is 0 Å². The zero-order chi connectivity index (χ0) is 53.8. The van der Waals surface area contributed by atoms with Crippen LogP contribution in [0.3, 0.4) is 0 Å². The monoisotopic (exact) mass is 1050 g/mol. The minimum Gasteiger partial charge on any atom is -0.460 e. The van der Waals surface area contributed by atoms with E-state index in [1.807, 2.05) is 0 Å². The Kier molecular flexibility index (Phi) is 50.8. The van der Waals surface area contributed by atoms with Gasteiger partial charge in [0.05, 0.1) is 6.61 Å². The molecule has 0 saturated heterocycles. The van der Waals surface area contributed by atoms with Gasteiger partial charge in [-0.2, -0.15) is 12.6 Å². The zero-order valence-corrected chi connectivity index (χ0v) is 48.4. The first-order valence-electron chi connectivity index (χ1n) is 30.2. The van der Waals surface area contributed by atoms with Gasteiger partial charge in [-0.1, -0.05) is 233 Å². The molecule has 0 aliphatic heterocycles. The second-order valence-corrected chi connectivity index (χ2v) is 20.9. The van der Waals surface area contributed by atoms with Crippen LogP contribution < -0.4 is 0 Å². The summed E-state index contributed by atoms with van der Waals surface area (Å²) in [5, 5.41) is 0. The van der Waals surface area contributed by atoms with Crippen LogP contribution >= 0.6 is 12.6 Å². The molecule has 428 valence electrons. The summed E-state index contributed by atoms with van der Waals surface area (Å²) < 4.78 is 35.1. The topological polar surface area (TPSA) is 158 Å². The number of esters is 5. The molecule has 12 nitrogen and oxygen atoms in total. The molecule has 0 saturated carbocycles. The molecule has 0 rings (SSSR count). The number of carbonyl (C=O) groups is 6. The fourth-order valence-electron chi connectivity index (χ4n) is 9.01. The number of carbonyl (C=O) groups excluding carboxylic acids is 6. The Balaban J connectivity index is 6.97. The SMILES string of the molecule is CCCCCCCCCCCC(=O)OC(C(=O)CCCS)C(OC(=O)CCCCCCCCCCC)C(OC(=O)CCCCCCCCCCC)C(OC(=O)CCCCCCCCCCC)C(=O)OCCOC. The highest BCUT2D eigenvalue weighted by atomic mass is 32.1. The number of hydrogen-bond donors (Lipinski definition) is 1. The number of methoxy groups -OCH3 is 1. The van der Waals surface area contributed by atoms with E-state index in [-0.39, 0.29) is 45.3 Å². The van der Waals surface area contributed by atoms with Crippen molar-refractivity contribution < 1.29 is 57.2 Å². The molecule has 13 heteroatoms. The lowest BCUT2D eigenvalue weighted by molar-refractivity contribution is -0.207. The van der Waals surface area contributed by atoms with Gasteiger partial charge >= 0.3 is 29.8 Å². The van der Waals surface area contributed by atoms with Gasteiger partial charge in [0.15, 0.2) is 18.0 Å². The first kappa shape index (κ1) is 70.3. The van der Waals surface area contributed by atoms with Crippen LogP contribution in [-0.2, 0) is 57.2 Å². The fraction of sp³-hybridized carbons (Fsp3) is 0.900. The number of ether oxygens (including phenoxy) is 6. The zero-order valence-electron chi connectivity index (χ0n) is 47.5. The minimum absolute atomic E-state index is 0.00453. The van der Waals surface area contributed by atoms with Gasteiger partial charge in [0.1, 0.15) is 6.61 Å². The van der Waals surface area contributed by atoms with Crippen molar-refractivity contribution in [3.05, 3.63) is 0 Å². The van der Waals surface area contributed by atoms with Gasteiger partial charge in [-0.05, 0) is 37.9 Å². The number of ketones is 1. The number of rotatable bonds is 55. The lowest BCUT2D eigenvalue weighted by Gasteiger charge is -2.35. The van der Waals surface area contributed by atoms with E-state index >= 15 is 0 Å². The Hall–Kier alpha value is -2.67. The molecule has 0 radical (unpaired) electrons. The van der Waals surface area contributed by atoms with Crippen LogP contribution in [0.2, 0.25) is 0 Å². The molecule has 0 bridgehead atoms. The smallest absolute Gasteiger partial charge is 0.351 e. The third-order valence-electron chi connectivity index (χ3n) is 13.6. The first-order chi connectivity index (χ1) is 35.6. The molecule has 0 spiro atoms. The van der Waals surface area contributed by atoms with E-state index < -0.39 is 60.0 Å². The molecule has 4 unspecified atom stereocenters. The summed E-state index contributed by atoms with van der Waals surface area (Å²) in [5.74, 6) is -4.20. The largest absolute Gasteiger partial charge is 0.460 e. The molecule has 4 atom stereocenters. The molecular formula is C60H110O12S. The highest BCUT2D eigenvalue weighted by molar-refractivity contribution is 7.80. The van der Waals surface area contributed by atoms with E-state index in [2.05, 4.69) is 40.3 Å². The molecule has 0 amide bonds. The minimum atomic E-state index is -1.96. The average Bonchev–Trinajstić information content (AvgIpc) is 3.38. The van der Waals surface area contributed by atoms with Crippen molar-refractivity contribution in [3.8, 4) is 0 Å². The van der Waals surface area contributed by atoms with Crippen LogP contribution in [0.5, 0.6) is 0 Å². The van der Waals surface area contributed by atoms with Crippen molar-refractivity contribution in [3.63, 3.8) is 0 Å². The second-order valence-electron chi connectivity index (χ2n) is 20.5. The average molecular weight is 1060 g/mol. The van der Waals surface area contributed by atoms with Crippen LogP contribution in [0, 0.1) is 0 Å². The van der Waals surface area contributed by atoms with Gasteiger partial charge in [-0.3, -0.25) is 24.0 Å². The van der Waals surface area contributed by atoms with Gasteiger partial charge in [-0.25, -0.2) is 4.79 Å². The highest BCUT2D eigenvalue weighted by Gasteiger charge is 2.50. The van der Waals surface area contributed by atoms with Gasteiger partial charge in [0.25, 0.3) is 0 Å². The van der Waals surface area contributed by atoms with Gasteiger partial charge in [0, 0.05) is 39.2 Å². The van der Waals surface area contributed by atoms with E-state index in [0.717, 1.165) is 103 Å². The number of thiol groups is 1. The Morgan fingerprint density at radius 1 is 0.329 bits per heavy atom. The van der Waals surface area contributed by atoms with Gasteiger partial charge in [0.2, 0.25) is 12.2 Å². The van der Waals surface area contributed by atoms with E-state index in [1.54, 1.807) is 0 Å². The summed E-state index contributed by atoms with van der Waals surface area (Å²) in [6.45, 7) is 8.57. The molecule has 0 aromatic rings. The summed E-state index contributed by atoms with van der Waals surface area (Å²) in [6.07, 6.45) is 29.4. The molecule has 0 aliphatic rings. The predicted molar refractivity (Wildman–Crippen MR) is 298 cm³/mol. The third kappa shape index (κ3) is 42.2. The molecule has 0 fully saturated rings. The molecule has 0 N–H and O–H groups in total. The Morgan fingerprint density at radius 2 is 0.603 bits per heavy atom. The maximum absolute atomic E-state index is 14.4. The summed E-state index contributed by atoms with van der Waals surface area (Å²) in [5.41, 5.74) is 0. The lowest BCUT2D eigenvalue weighted by atomic mass is 9.96. The summed E-state index contributed by atoms with van der Waals surface area (Å²) in [7, 11) is 1.45. The van der Waals surface area contributed by atoms with Crippen molar-refractivity contribution in [1.82, 2.24) is 0 Å². The third-order valence-corrected chi connectivity index (χ3v) is 13.9. The summed E-state index contributed by atoms with van der Waals surface area (Å²) in [4.78, 5) is 84.4. The molecular weight excluding hydrogens is 945 g/mol.